The van der Waals surface area contributed by atoms with E-state index in [-0.39, 0.29) is 5.97 Å². The normalized spacial score (nSPS) is 14.3. The van der Waals surface area contributed by atoms with E-state index in [1.165, 1.54) is 12.5 Å². The number of imidazole rings is 1. The van der Waals surface area contributed by atoms with E-state index in [1.807, 2.05) is 66.1 Å². The van der Waals surface area contributed by atoms with Crippen molar-refractivity contribution in [3.05, 3.63) is 107 Å². The van der Waals surface area contributed by atoms with Crippen molar-refractivity contribution in [2.45, 2.75) is 33.0 Å². The highest BCUT2D eigenvalue weighted by Gasteiger charge is 2.20. The Morgan fingerprint density at radius 2 is 1.64 bits per heavy atom. The third-order valence-electron chi connectivity index (χ3n) is 7.25. The first kappa shape index (κ1) is 27.5. The topological polar surface area (TPSA) is 82.6 Å². The number of carbonyl (C=O) groups is 1. The fraction of sp³-hybridized carbons (Fsp3) is 0.265. The summed E-state index contributed by atoms with van der Waals surface area (Å²) in [7, 11) is 0. The quantitative estimate of drug-likeness (QED) is 0.189. The van der Waals surface area contributed by atoms with Crippen molar-refractivity contribution in [3.8, 4) is 23.2 Å². The van der Waals surface area contributed by atoms with Crippen LogP contribution in [0, 0.1) is 11.8 Å². The van der Waals surface area contributed by atoms with E-state index in [2.05, 4.69) is 46.2 Å². The number of rotatable bonds is 7. The number of esters is 1. The molecule has 1 aliphatic rings. The molecule has 42 heavy (non-hydrogen) atoms. The van der Waals surface area contributed by atoms with Crippen LogP contribution in [0.4, 0.5) is 0 Å². The van der Waals surface area contributed by atoms with Gasteiger partial charge in [0.15, 0.2) is 17.7 Å². The van der Waals surface area contributed by atoms with E-state index >= 15 is 0 Å². The Morgan fingerprint density at radius 3 is 2.36 bits per heavy atom. The summed E-state index contributed by atoms with van der Waals surface area (Å²) in [6, 6.07) is 26.2. The lowest BCUT2D eigenvalue weighted by Crippen LogP contribution is -2.35. The van der Waals surface area contributed by atoms with Gasteiger partial charge in [0, 0.05) is 49.3 Å². The van der Waals surface area contributed by atoms with Crippen LogP contribution in [-0.2, 0) is 27.4 Å². The van der Waals surface area contributed by atoms with Crippen LogP contribution in [0.3, 0.4) is 0 Å². The third-order valence-corrected chi connectivity index (χ3v) is 7.25. The first-order valence-electron chi connectivity index (χ1n) is 14.1. The van der Waals surface area contributed by atoms with Crippen molar-refractivity contribution in [3.63, 3.8) is 0 Å². The number of fused-ring (bicyclic) bond motifs is 1. The molecule has 0 spiro atoms. The summed E-state index contributed by atoms with van der Waals surface area (Å²) in [6.45, 7) is 8.16. The average Bonchev–Trinajstić information content (AvgIpc) is 3.63. The SMILES string of the molecule is CC(=O)OC(C)c1nc2ccccc2n1Cc1cc(-c2ccc(C#Cc3ccc(CN4CCOCC4)cc3)cc2)on1. The zero-order chi connectivity index (χ0) is 28.9. The molecule has 1 aliphatic heterocycles. The van der Waals surface area contributed by atoms with Gasteiger partial charge in [-0.1, -0.05) is 41.3 Å². The second-order valence-corrected chi connectivity index (χ2v) is 10.4. The molecule has 0 amide bonds. The zero-order valence-electron chi connectivity index (χ0n) is 23.7. The van der Waals surface area contributed by atoms with Crippen molar-refractivity contribution in [2.24, 2.45) is 0 Å². The predicted molar refractivity (Wildman–Crippen MR) is 159 cm³/mol. The molecule has 1 fully saturated rings. The van der Waals surface area contributed by atoms with Gasteiger partial charge in [-0.3, -0.25) is 9.69 Å². The number of hydrogen-bond acceptors (Lipinski definition) is 7. The summed E-state index contributed by atoms with van der Waals surface area (Å²) in [5.74, 6) is 7.49. The Morgan fingerprint density at radius 1 is 0.952 bits per heavy atom. The molecule has 8 nitrogen and oxygen atoms in total. The van der Waals surface area contributed by atoms with Crippen molar-refractivity contribution in [1.82, 2.24) is 19.6 Å². The predicted octanol–water partition coefficient (Wildman–Crippen LogP) is 5.60. The fourth-order valence-electron chi connectivity index (χ4n) is 5.13. The maximum absolute atomic E-state index is 11.6. The molecule has 3 aromatic carbocycles. The number of carbonyl (C=O) groups excluding carboxylic acids is 1. The molecule has 212 valence electrons. The van der Waals surface area contributed by atoms with E-state index in [0.717, 1.165) is 66.3 Å². The van der Waals surface area contributed by atoms with Crippen LogP contribution in [0.15, 0.2) is 83.4 Å². The first-order chi connectivity index (χ1) is 20.5. The van der Waals surface area contributed by atoms with Crippen molar-refractivity contribution < 1.29 is 18.8 Å². The summed E-state index contributed by atoms with van der Waals surface area (Å²) in [6.07, 6.45) is -0.497. The maximum Gasteiger partial charge on any atom is 0.303 e. The number of nitrogens with zero attached hydrogens (tertiary/aromatic N) is 4. The number of ether oxygens (including phenoxy) is 2. The Balaban J connectivity index is 1.13. The molecule has 5 aromatic rings. The van der Waals surface area contributed by atoms with Crippen molar-refractivity contribution >= 4 is 17.0 Å². The smallest absolute Gasteiger partial charge is 0.303 e. The molecule has 0 aliphatic carbocycles. The lowest BCUT2D eigenvalue weighted by Gasteiger charge is -2.26. The van der Waals surface area contributed by atoms with Crippen molar-refractivity contribution in [2.75, 3.05) is 26.3 Å². The summed E-state index contributed by atoms with van der Waals surface area (Å²) in [5, 5.41) is 4.31. The Hall–Kier alpha value is -4.71. The van der Waals surface area contributed by atoms with Gasteiger partial charge in [0.25, 0.3) is 0 Å². The molecule has 0 saturated carbocycles. The fourth-order valence-corrected chi connectivity index (χ4v) is 5.13. The van der Waals surface area contributed by atoms with Gasteiger partial charge in [0.1, 0.15) is 5.69 Å². The minimum atomic E-state index is -0.497. The number of morpholine rings is 1. The van der Waals surface area contributed by atoms with Gasteiger partial charge in [-0.15, -0.1) is 0 Å². The van der Waals surface area contributed by atoms with Crippen LogP contribution in [0.2, 0.25) is 0 Å². The van der Waals surface area contributed by atoms with Gasteiger partial charge in [-0.2, -0.15) is 0 Å². The maximum atomic E-state index is 11.6. The molecule has 0 bridgehead atoms. The molecular weight excluding hydrogens is 528 g/mol. The van der Waals surface area contributed by atoms with Gasteiger partial charge in [0.2, 0.25) is 0 Å². The van der Waals surface area contributed by atoms with Gasteiger partial charge in [-0.25, -0.2) is 4.98 Å². The largest absolute Gasteiger partial charge is 0.455 e. The monoisotopic (exact) mass is 560 g/mol. The molecule has 0 radical (unpaired) electrons. The highest BCUT2D eigenvalue weighted by Crippen LogP contribution is 2.26. The van der Waals surface area contributed by atoms with Gasteiger partial charge in [-0.05, 0) is 61.0 Å². The van der Waals surface area contributed by atoms with Gasteiger partial charge < -0.3 is 18.6 Å². The summed E-state index contributed by atoms with van der Waals surface area (Å²) < 4.78 is 18.6. The van der Waals surface area contributed by atoms with E-state index in [4.69, 9.17) is 19.0 Å². The molecule has 2 aromatic heterocycles. The lowest BCUT2D eigenvalue weighted by atomic mass is 10.1. The number of benzene rings is 3. The third kappa shape index (κ3) is 6.44. The van der Waals surface area contributed by atoms with Crippen LogP contribution in [0.25, 0.3) is 22.4 Å². The van der Waals surface area contributed by atoms with Crippen molar-refractivity contribution in [1.29, 1.82) is 0 Å². The number of hydrogen-bond donors (Lipinski definition) is 0. The van der Waals surface area contributed by atoms with Crippen LogP contribution >= 0.6 is 0 Å². The average molecular weight is 561 g/mol. The summed E-state index contributed by atoms with van der Waals surface area (Å²) in [5.41, 5.74) is 6.61. The highest BCUT2D eigenvalue weighted by molar-refractivity contribution is 5.76. The molecular formula is C34H32N4O4. The number of para-hydroxylation sites is 2. The number of aromatic nitrogens is 3. The molecule has 6 rings (SSSR count). The molecule has 3 heterocycles. The van der Waals surface area contributed by atoms with Crippen LogP contribution in [0.1, 0.15) is 48.2 Å². The highest BCUT2D eigenvalue weighted by atomic mass is 16.5. The first-order valence-corrected chi connectivity index (χ1v) is 14.1. The zero-order valence-corrected chi connectivity index (χ0v) is 23.7. The lowest BCUT2D eigenvalue weighted by molar-refractivity contribution is -0.146. The molecule has 1 atom stereocenters. The minimum absolute atomic E-state index is 0.352. The van der Waals surface area contributed by atoms with E-state index in [0.29, 0.717) is 18.1 Å². The molecule has 8 heteroatoms. The van der Waals surface area contributed by atoms with Crippen LogP contribution < -0.4 is 0 Å². The Bertz CT molecular complexity index is 1740. The summed E-state index contributed by atoms with van der Waals surface area (Å²) in [4.78, 5) is 18.7. The van der Waals surface area contributed by atoms with Crippen LogP contribution in [-0.4, -0.2) is 51.9 Å². The van der Waals surface area contributed by atoms with Gasteiger partial charge >= 0.3 is 5.97 Å². The molecule has 1 unspecified atom stereocenters. The minimum Gasteiger partial charge on any atom is -0.455 e. The second kappa shape index (κ2) is 12.4. The Labute approximate surface area is 244 Å². The van der Waals surface area contributed by atoms with E-state index < -0.39 is 6.10 Å². The second-order valence-electron chi connectivity index (χ2n) is 10.4. The molecule has 1 saturated heterocycles. The van der Waals surface area contributed by atoms with E-state index in [1.54, 1.807) is 0 Å². The standard InChI is InChI=1S/C34H32N4O4/c1-24(41-25(2)39)34-35-31-5-3-4-6-32(31)38(34)23-30-21-33(42-36-30)29-15-13-27(14-16-29)8-7-26-9-11-28(12-10-26)22-37-17-19-40-20-18-37/h3-6,9-16,21,24H,17-20,22-23H2,1-2H3. The Kier molecular flexibility index (Phi) is 8.13. The van der Waals surface area contributed by atoms with Crippen LogP contribution in [0.5, 0.6) is 0 Å². The van der Waals surface area contributed by atoms with Gasteiger partial charge in [0.05, 0.1) is 30.8 Å². The summed E-state index contributed by atoms with van der Waals surface area (Å²) >= 11 is 0. The molecule has 0 N–H and O–H groups in total. The van der Waals surface area contributed by atoms with E-state index in [9.17, 15) is 4.79 Å².